The monoisotopic (exact) mass is 356 g/mol. The van der Waals surface area contributed by atoms with Crippen LogP contribution in [-0.2, 0) is 6.54 Å². The Morgan fingerprint density at radius 3 is 2.68 bits per heavy atom. The lowest BCUT2D eigenvalue weighted by Gasteiger charge is -2.30. The molecule has 1 aliphatic heterocycles. The van der Waals surface area contributed by atoms with E-state index in [1.54, 1.807) is 24.4 Å². The third-order valence-electron chi connectivity index (χ3n) is 4.30. The predicted molar refractivity (Wildman–Crippen MR) is 99.6 cm³/mol. The summed E-state index contributed by atoms with van der Waals surface area (Å²) < 4.78 is 0. The molecular formula is C19H21ClN4O. The van der Waals surface area contributed by atoms with Crippen molar-refractivity contribution < 1.29 is 4.79 Å². The highest BCUT2D eigenvalue weighted by Gasteiger charge is 2.18. The van der Waals surface area contributed by atoms with Gasteiger partial charge in [-0.15, -0.1) is 0 Å². The standard InChI is InChI=1S/C19H21ClN4O/c20-17-6-4-16(5-7-17)14-24-11-8-15(9-12-24)13-22-23-19(25)18-3-1-2-10-21-18/h1-7,10,13,15H,8-9,11-12,14H2,(H,23,25)/b22-13+. The Morgan fingerprint density at radius 1 is 1.24 bits per heavy atom. The van der Waals surface area contributed by atoms with Crippen molar-refractivity contribution in [1.29, 1.82) is 0 Å². The first kappa shape index (κ1) is 17.6. The predicted octanol–water partition coefficient (Wildman–Crippen LogP) is 3.36. The first-order valence-corrected chi connectivity index (χ1v) is 8.80. The SMILES string of the molecule is O=C(N/N=C/C1CCN(Cc2ccc(Cl)cc2)CC1)c1ccccn1. The molecule has 1 aromatic carbocycles. The molecule has 1 fully saturated rings. The summed E-state index contributed by atoms with van der Waals surface area (Å²) in [7, 11) is 0. The van der Waals surface area contributed by atoms with Crippen LogP contribution < -0.4 is 5.43 Å². The zero-order chi connectivity index (χ0) is 17.5. The second-order valence-corrected chi connectivity index (χ2v) is 6.61. The number of halogens is 1. The van der Waals surface area contributed by atoms with Crippen LogP contribution in [-0.4, -0.2) is 35.1 Å². The average molecular weight is 357 g/mol. The summed E-state index contributed by atoms with van der Waals surface area (Å²) in [5.74, 6) is 0.113. The number of carbonyl (C=O) groups is 1. The number of nitrogens with zero attached hydrogens (tertiary/aromatic N) is 3. The molecule has 1 aromatic heterocycles. The highest BCUT2D eigenvalue weighted by atomic mass is 35.5. The molecule has 1 aliphatic rings. The third kappa shape index (κ3) is 5.37. The van der Waals surface area contributed by atoms with Gasteiger partial charge in [0.15, 0.2) is 0 Å². The number of aromatic nitrogens is 1. The second kappa shape index (κ2) is 8.74. The summed E-state index contributed by atoms with van der Waals surface area (Å²) in [5, 5.41) is 4.86. The van der Waals surface area contributed by atoms with Gasteiger partial charge in [0, 0.05) is 24.0 Å². The maximum absolute atomic E-state index is 11.9. The molecule has 0 aliphatic carbocycles. The molecule has 0 unspecified atom stereocenters. The highest BCUT2D eigenvalue weighted by molar-refractivity contribution is 6.30. The lowest BCUT2D eigenvalue weighted by Crippen LogP contribution is -2.34. The minimum absolute atomic E-state index is 0.281. The molecule has 6 heteroatoms. The Balaban J connectivity index is 1.41. The summed E-state index contributed by atoms with van der Waals surface area (Å²) in [6, 6.07) is 13.2. The maximum atomic E-state index is 11.9. The van der Waals surface area contributed by atoms with E-state index >= 15 is 0 Å². The summed E-state index contributed by atoms with van der Waals surface area (Å²) in [6.07, 6.45) is 5.52. The number of pyridine rings is 1. The van der Waals surface area contributed by atoms with Crippen molar-refractivity contribution in [2.75, 3.05) is 13.1 Å². The minimum atomic E-state index is -0.281. The molecule has 1 saturated heterocycles. The van der Waals surface area contributed by atoms with Crippen LogP contribution in [0.15, 0.2) is 53.8 Å². The van der Waals surface area contributed by atoms with Gasteiger partial charge in [-0.25, -0.2) is 5.43 Å². The first-order chi connectivity index (χ1) is 12.2. The molecule has 1 amide bonds. The van der Waals surface area contributed by atoms with E-state index < -0.39 is 0 Å². The van der Waals surface area contributed by atoms with Crippen molar-refractivity contribution in [1.82, 2.24) is 15.3 Å². The summed E-state index contributed by atoms with van der Waals surface area (Å²) >= 11 is 5.92. The fraction of sp³-hybridized carbons (Fsp3) is 0.316. The number of nitrogens with one attached hydrogen (secondary N) is 1. The topological polar surface area (TPSA) is 57.6 Å². The molecule has 25 heavy (non-hydrogen) atoms. The number of carbonyl (C=O) groups excluding carboxylic acids is 1. The van der Waals surface area contributed by atoms with Crippen LogP contribution in [0.3, 0.4) is 0 Å². The van der Waals surface area contributed by atoms with Crippen molar-refractivity contribution in [2.45, 2.75) is 19.4 Å². The van der Waals surface area contributed by atoms with Crippen LogP contribution in [0.25, 0.3) is 0 Å². The molecule has 3 rings (SSSR count). The number of hydrogen-bond acceptors (Lipinski definition) is 4. The fourth-order valence-corrected chi connectivity index (χ4v) is 2.99. The molecule has 0 atom stereocenters. The molecule has 0 radical (unpaired) electrons. The van der Waals surface area contributed by atoms with Gasteiger partial charge in [-0.3, -0.25) is 14.7 Å². The normalized spacial score (nSPS) is 16.2. The first-order valence-electron chi connectivity index (χ1n) is 8.42. The molecule has 1 N–H and O–H groups in total. The lowest BCUT2D eigenvalue weighted by molar-refractivity contribution is 0.0949. The van der Waals surface area contributed by atoms with E-state index in [2.05, 4.69) is 32.5 Å². The molecule has 5 nitrogen and oxygen atoms in total. The van der Waals surface area contributed by atoms with E-state index in [9.17, 15) is 4.79 Å². The summed E-state index contributed by atoms with van der Waals surface area (Å²) in [4.78, 5) is 18.3. The molecule has 130 valence electrons. The Hall–Kier alpha value is -2.24. The zero-order valence-corrected chi connectivity index (χ0v) is 14.7. The second-order valence-electron chi connectivity index (χ2n) is 6.17. The van der Waals surface area contributed by atoms with Gasteiger partial charge in [0.2, 0.25) is 0 Å². The van der Waals surface area contributed by atoms with Gasteiger partial charge in [0.25, 0.3) is 5.91 Å². The van der Waals surface area contributed by atoms with E-state index in [1.807, 2.05) is 18.3 Å². The Bertz CT molecular complexity index is 710. The van der Waals surface area contributed by atoms with Crippen molar-refractivity contribution in [3.8, 4) is 0 Å². The molecular weight excluding hydrogens is 336 g/mol. The van der Waals surface area contributed by atoms with Crippen molar-refractivity contribution >= 4 is 23.7 Å². The van der Waals surface area contributed by atoms with E-state index in [1.165, 1.54) is 5.56 Å². The number of benzene rings is 1. The van der Waals surface area contributed by atoms with Gasteiger partial charge in [-0.05, 0) is 61.7 Å². The van der Waals surface area contributed by atoms with E-state index in [-0.39, 0.29) is 5.91 Å². The van der Waals surface area contributed by atoms with Crippen LogP contribution in [0.4, 0.5) is 0 Å². The van der Waals surface area contributed by atoms with Gasteiger partial charge in [0.1, 0.15) is 5.69 Å². The van der Waals surface area contributed by atoms with E-state index in [0.29, 0.717) is 11.6 Å². The highest BCUT2D eigenvalue weighted by Crippen LogP contribution is 2.18. The van der Waals surface area contributed by atoms with Gasteiger partial charge in [0.05, 0.1) is 0 Å². The number of hydrazone groups is 1. The van der Waals surface area contributed by atoms with Crippen LogP contribution in [0, 0.1) is 5.92 Å². The average Bonchev–Trinajstić information content (AvgIpc) is 2.66. The van der Waals surface area contributed by atoms with Crippen molar-refractivity contribution in [2.24, 2.45) is 11.0 Å². The van der Waals surface area contributed by atoms with Gasteiger partial charge < -0.3 is 0 Å². The largest absolute Gasteiger partial charge is 0.299 e. The number of rotatable bonds is 5. The Labute approximate surface area is 152 Å². The molecule has 2 heterocycles. The Morgan fingerprint density at radius 2 is 2.00 bits per heavy atom. The molecule has 0 saturated carbocycles. The van der Waals surface area contributed by atoms with Crippen LogP contribution in [0.2, 0.25) is 5.02 Å². The van der Waals surface area contributed by atoms with Gasteiger partial charge >= 0.3 is 0 Å². The lowest BCUT2D eigenvalue weighted by atomic mass is 9.98. The molecule has 0 spiro atoms. The van der Waals surface area contributed by atoms with Crippen molar-refractivity contribution in [3.05, 3.63) is 64.9 Å². The third-order valence-corrected chi connectivity index (χ3v) is 4.55. The van der Waals surface area contributed by atoms with Crippen LogP contribution in [0.1, 0.15) is 28.9 Å². The van der Waals surface area contributed by atoms with Crippen LogP contribution >= 0.6 is 11.6 Å². The molecule has 0 bridgehead atoms. The van der Waals surface area contributed by atoms with Gasteiger partial charge in [-0.2, -0.15) is 5.10 Å². The Kier molecular flexibility index (Phi) is 6.14. The quantitative estimate of drug-likeness (QED) is 0.660. The zero-order valence-electron chi connectivity index (χ0n) is 13.9. The number of hydrogen-bond donors (Lipinski definition) is 1. The van der Waals surface area contributed by atoms with Crippen LogP contribution in [0.5, 0.6) is 0 Å². The summed E-state index contributed by atoms with van der Waals surface area (Å²) in [6.45, 7) is 2.98. The van der Waals surface area contributed by atoms with Crippen molar-refractivity contribution in [3.63, 3.8) is 0 Å². The van der Waals surface area contributed by atoms with Gasteiger partial charge in [-0.1, -0.05) is 29.8 Å². The molecule has 2 aromatic rings. The maximum Gasteiger partial charge on any atom is 0.289 e. The number of piperidine rings is 1. The summed E-state index contributed by atoms with van der Waals surface area (Å²) in [5.41, 5.74) is 4.19. The minimum Gasteiger partial charge on any atom is -0.299 e. The number of likely N-dealkylation sites (tertiary alicyclic amines) is 1. The fourth-order valence-electron chi connectivity index (χ4n) is 2.86. The van der Waals surface area contributed by atoms with E-state index in [4.69, 9.17) is 11.6 Å². The smallest absolute Gasteiger partial charge is 0.289 e. The van der Waals surface area contributed by atoms with E-state index in [0.717, 1.165) is 37.5 Å². The number of amides is 1.